The number of hydrogen-bond donors (Lipinski definition) is 2. The third kappa shape index (κ3) is 1.76. The van der Waals surface area contributed by atoms with Crippen molar-refractivity contribution in [1.29, 1.82) is 0 Å². The molecular formula is C10H16O2. The van der Waals surface area contributed by atoms with Gasteiger partial charge in [-0.2, -0.15) is 0 Å². The molecule has 0 fully saturated rings. The maximum absolute atomic E-state index is 9.92. The number of aliphatic hydroxyl groups excluding tert-OH is 1. The molecule has 0 saturated heterocycles. The first-order chi connectivity index (χ1) is 5.56. The Balaban J connectivity index is 2.72. The van der Waals surface area contributed by atoms with E-state index in [1.807, 2.05) is 26.0 Å². The van der Waals surface area contributed by atoms with Crippen LogP contribution in [0.15, 0.2) is 24.3 Å². The predicted octanol–water partition coefficient (Wildman–Crippen LogP) is 1.25. The quantitative estimate of drug-likeness (QED) is 0.651. The maximum atomic E-state index is 9.92. The molecule has 0 aromatic carbocycles. The molecule has 0 radical (unpaired) electrons. The lowest BCUT2D eigenvalue weighted by atomic mass is 9.84. The molecule has 2 unspecified atom stereocenters. The highest BCUT2D eigenvalue weighted by Crippen LogP contribution is 2.25. The Kier molecular flexibility index (Phi) is 2.70. The molecule has 68 valence electrons. The van der Waals surface area contributed by atoms with Crippen LogP contribution < -0.4 is 0 Å². The summed E-state index contributed by atoms with van der Waals surface area (Å²) in [5, 5.41) is 19.6. The smallest absolute Gasteiger partial charge is 0.112 e. The van der Waals surface area contributed by atoms with Crippen molar-refractivity contribution in [3.05, 3.63) is 24.3 Å². The summed E-state index contributed by atoms with van der Waals surface area (Å²) in [6.45, 7) is 3.80. The van der Waals surface area contributed by atoms with Crippen molar-refractivity contribution in [3.8, 4) is 0 Å². The van der Waals surface area contributed by atoms with Crippen molar-refractivity contribution in [3.63, 3.8) is 0 Å². The molecule has 0 heterocycles. The van der Waals surface area contributed by atoms with E-state index >= 15 is 0 Å². The fraction of sp³-hybridized carbons (Fsp3) is 0.600. The summed E-state index contributed by atoms with van der Waals surface area (Å²) in [5.41, 5.74) is -1.05. The highest BCUT2D eigenvalue weighted by atomic mass is 16.3. The zero-order valence-corrected chi connectivity index (χ0v) is 7.57. The minimum Gasteiger partial charge on any atom is -0.390 e. The number of hydrogen-bond acceptors (Lipinski definition) is 2. The van der Waals surface area contributed by atoms with Gasteiger partial charge in [-0.3, -0.25) is 0 Å². The molecule has 2 N–H and O–H groups in total. The molecule has 1 rings (SSSR count). The zero-order chi connectivity index (χ0) is 9.19. The monoisotopic (exact) mass is 168 g/mol. The number of rotatable bonds is 2. The summed E-state index contributed by atoms with van der Waals surface area (Å²) in [5.74, 6) is 0.0751. The van der Waals surface area contributed by atoms with Gasteiger partial charge in [0.25, 0.3) is 0 Å². The van der Waals surface area contributed by atoms with Gasteiger partial charge in [0.1, 0.15) is 5.60 Å². The maximum Gasteiger partial charge on any atom is 0.112 e. The van der Waals surface area contributed by atoms with Crippen LogP contribution in [-0.4, -0.2) is 21.9 Å². The van der Waals surface area contributed by atoms with Gasteiger partial charge in [0.2, 0.25) is 0 Å². The van der Waals surface area contributed by atoms with Crippen molar-refractivity contribution in [1.82, 2.24) is 0 Å². The standard InChI is InChI=1S/C10H16O2/c1-8(2)9(11)10(12)6-4-3-5-7-10/h3-6,8-9,11-12H,7H2,1-2H3. The Morgan fingerprint density at radius 3 is 2.42 bits per heavy atom. The second-order valence-electron chi connectivity index (χ2n) is 3.67. The third-order valence-electron chi connectivity index (χ3n) is 2.22. The highest BCUT2D eigenvalue weighted by molar-refractivity contribution is 5.20. The van der Waals surface area contributed by atoms with Gasteiger partial charge >= 0.3 is 0 Å². The van der Waals surface area contributed by atoms with E-state index in [4.69, 9.17) is 0 Å². The molecule has 2 heteroatoms. The first-order valence-corrected chi connectivity index (χ1v) is 4.31. The van der Waals surface area contributed by atoms with E-state index in [-0.39, 0.29) is 5.92 Å². The second-order valence-corrected chi connectivity index (χ2v) is 3.67. The van der Waals surface area contributed by atoms with E-state index < -0.39 is 11.7 Å². The Bertz CT molecular complexity index is 206. The van der Waals surface area contributed by atoms with Crippen molar-refractivity contribution in [2.24, 2.45) is 5.92 Å². The van der Waals surface area contributed by atoms with Gasteiger partial charge in [-0.1, -0.05) is 38.2 Å². The fourth-order valence-electron chi connectivity index (χ4n) is 1.42. The van der Waals surface area contributed by atoms with Crippen molar-refractivity contribution < 1.29 is 10.2 Å². The minimum atomic E-state index is -1.05. The summed E-state index contributed by atoms with van der Waals surface area (Å²) < 4.78 is 0. The molecule has 0 spiro atoms. The van der Waals surface area contributed by atoms with E-state index in [0.717, 1.165) is 0 Å². The third-order valence-corrected chi connectivity index (χ3v) is 2.22. The van der Waals surface area contributed by atoms with Crippen molar-refractivity contribution in [2.75, 3.05) is 0 Å². The van der Waals surface area contributed by atoms with Crippen LogP contribution in [0.2, 0.25) is 0 Å². The molecule has 0 aromatic rings. The molecule has 12 heavy (non-hydrogen) atoms. The Hall–Kier alpha value is -0.600. The number of allylic oxidation sites excluding steroid dienone is 2. The second kappa shape index (κ2) is 3.42. The van der Waals surface area contributed by atoms with Gasteiger partial charge in [0, 0.05) is 6.42 Å². The summed E-state index contributed by atoms with van der Waals surface area (Å²) in [6.07, 6.45) is 7.00. The molecule has 1 aliphatic rings. The summed E-state index contributed by atoms with van der Waals surface area (Å²) in [7, 11) is 0. The van der Waals surface area contributed by atoms with Gasteiger partial charge < -0.3 is 10.2 Å². The molecule has 2 nitrogen and oxygen atoms in total. The Morgan fingerprint density at radius 2 is 2.00 bits per heavy atom. The molecular weight excluding hydrogens is 152 g/mol. The fourth-order valence-corrected chi connectivity index (χ4v) is 1.42. The topological polar surface area (TPSA) is 40.5 Å². The van der Waals surface area contributed by atoms with Gasteiger partial charge in [-0.05, 0) is 5.92 Å². The van der Waals surface area contributed by atoms with E-state index in [9.17, 15) is 10.2 Å². The van der Waals surface area contributed by atoms with E-state index in [2.05, 4.69) is 0 Å². The van der Waals surface area contributed by atoms with E-state index in [1.54, 1.807) is 12.2 Å². The summed E-state index contributed by atoms with van der Waals surface area (Å²) in [6, 6.07) is 0. The molecule has 1 aliphatic carbocycles. The van der Waals surface area contributed by atoms with Gasteiger partial charge in [0.15, 0.2) is 0 Å². The lowest BCUT2D eigenvalue weighted by Crippen LogP contribution is -2.43. The molecule has 0 saturated carbocycles. The van der Waals surface area contributed by atoms with Crippen LogP contribution in [0.3, 0.4) is 0 Å². The van der Waals surface area contributed by atoms with Crippen molar-refractivity contribution in [2.45, 2.75) is 32.0 Å². The molecule has 0 bridgehead atoms. The van der Waals surface area contributed by atoms with Gasteiger partial charge in [-0.25, -0.2) is 0 Å². The zero-order valence-electron chi connectivity index (χ0n) is 7.57. The average Bonchev–Trinajstić information content (AvgIpc) is 2.04. The van der Waals surface area contributed by atoms with Crippen LogP contribution in [-0.2, 0) is 0 Å². The molecule has 0 aromatic heterocycles. The Labute approximate surface area is 73.2 Å². The van der Waals surface area contributed by atoms with Crippen LogP contribution >= 0.6 is 0 Å². The first kappa shape index (κ1) is 9.49. The first-order valence-electron chi connectivity index (χ1n) is 4.31. The normalized spacial score (nSPS) is 31.1. The molecule has 2 atom stereocenters. The predicted molar refractivity (Wildman–Crippen MR) is 48.7 cm³/mol. The largest absolute Gasteiger partial charge is 0.390 e. The van der Waals surface area contributed by atoms with E-state index in [0.29, 0.717) is 6.42 Å². The van der Waals surface area contributed by atoms with Gasteiger partial charge in [-0.15, -0.1) is 0 Å². The number of aliphatic hydroxyl groups is 2. The van der Waals surface area contributed by atoms with Crippen LogP contribution in [0, 0.1) is 5.92 Å². The average molecular weight is 168 g/mol. The lowest BCUT2D eigenvalue weighted by molar-refractivity contribution is -0.0603. The van der Waals surface area contributed by atoms with Crippen molar-refractivity contribution >= 4 is 0 Å². The van der Waals surface area contributed by atoms with Crippen LogP contribution in [0.1, 0.15) is 20.3 Å². The van der Waals surface area contributed by atoms with E-state index in [1.165, 1.54) is 0 Å². The SMILES string of the molecule is CC(C)C(O)C1(O)C=CC=CC1. The van der Waals surface area contributed by atoms with Crippen LogP contribution in [0.4, 0.5) is 0 Å². The van der Waals surface area contributed by atoms with Crippen LogP contribution in [0.25, 0.3) is 0 Å². The molecule has 0 amide bonds. The van der Waals surface area contributed by atoms with Crippen LogP contribution in [0.5, 0.6) is 0 Å². The highest BCUT2D eigenvalue weighted by Gasteiger charge is 2.34. The Morgan fingerprint density at radius 1 is 1.33 bits per heavy atom. The summed E-state index contributed by atoms with van der Waals surface area (Å²) in [4.78, 5) is 0. The lowest BCUT2D eigenvalue weighted by Gasteiger charge is -2.32. The summed E-state index contributed by atoms with van der Waals surface area (Å²) >= 11 is 0. The van der Waals surface area contributed by atoms with Gasteiger partial charge in [0.05, 0.1) is 6.10 Å². The molecule has 0 aliphatic heterocycles. The minimum absolute atomic E-state index is 0.0751.